The number of ether oxygens (including phenoxy) is 1. The second-order valence-corrected chi connectivity index (χ2v) is 5.11. The van der Waals surface area contributed by atoms with Crippen molar-refractivity contribution in [3.8, 4) is 5.75 Å². The average Bonchev–Trinajstić information content (AvgIpc) is 2.52. The molecule has 0 aliphatic rings. The molecule has 1 atom stereocenters. The van der Waals surface area contributed by atoms with E-state index in [4.69, 9.17) is 0 Å². The van der Waals surface area contributed by atoms with Gasteiger partial charge < -0.3 is 19.9 Å². The van der Waals surface area contributed by atoms with E-state index in [0.29, 0.717) is 5.56 Å². The lowest BCUT2D eigenvalue weighted by molar-refractivity contribution is -0.0498. The molecule has 0 aliphatic carbocycles. The van der Waals surface area contributed by atoms with Gasteiger partial charge in [0.25, 0.3) is 5.56 Å². The smallest absolute Gasteiger partial charge is 0.387 e. The number of urea groups is 1. The van der Waals surface area contributed by atoms with Crippen molar-refractivity contribution >= 4 is 11.7 Å². The molecule has 2 aromatic rings. The maximum atomic E-state index is 12.1. The first-order valence-corrected chi connectivity index (χ1v) is 7.14. The fraction of sp³-hybridized carbons (Fsp3) is 0.250. The maximum Gasteiger partial charge on any atom is 0.387 e. The summed E-state index contributed by atoms with van der Waals surface area (Å²) in [6, 6.07) is 8.14. The lowest BCUT2D eigenvalue weighted by Crippen LogP contribution is -2.33. The van der Waals surface area contributed by atoms with Crippen LogP contribution in [0.1, 0.15) is 18.5 Å². The Kier molecular flexibility index (Phi) is 5.51. The zero-order chi connectivity index (χ0) is 17.7. The highest BCUT2D eigenvalue weighted by Gasteiger charge is 2.12. The zero-order valence-corrected chi connectivity index (χ0v) is 13.1. The third-order valence-corrected chi connectivity index (χ3v) is 3.32. The average molecular weight is 337 g/mol. The zero-order valence-electron chi connectivity index (χ0n) is 13.1. The van der Waals surface area contributed by atoms with Crippen LogP contribution in [-0.2, 0) is 7.05 Å². The van der Waals surface area contributed by atoms with Crippen LogP contribution in [-0.4, -0.2) is 17.2 Å². The Morgan fingerprint density at radius 1 is 1.21 bits per heavy atom. The summed E-state index contributed by atoms with van der Waals surface area (Å²) in [7, 11) is 1.58. The normalized spacial score (nSPS) is 11.9. The number of anilines is 1. The predicted molar refractivity (Wildman–Crippen MR) is 85.3 cm³/mol. The van der Waals surface area contributed by atoms with E-state index in [0.717, 1.165) is 0 Å². The summed E-state index contributed by atoms with van der Waals surface area (Å²) < 4.78 is 29.8. The number of carbonyl (C=O) groups excluding carboxylic acids is 1. The summed E-state index contributed by atoms with van der Waals surface area (Å²) in [6.45, 7) is -1.16. The molecule has 1 aromatic heterocycles. The molecular formula is C16H17F2N3O3. The van der Waals surface area contributed by atoms with Crippen molar-refractivity contribution in [1.82, 2.24) is 9.88 Å². The van der Waals surface area contributed by atoms with Gasteiger partial charge in [-0.2, -0.15) is 8.78 Å². The number of alkyl halides is 2. The van der Waals surface area contributed by atoms with Crippen LogP contribution >= 0.6 is 0 Å². The molecule has 0 radical (unpaired) electrons. The first-order chi connectivity index (χ1) is 11.4. The van der Waals surface area contributed by atoms with Gasteiger partial charge >= 0.3 is 12.6 Å². The molecule has 0 saturated heterocycles. The summed E-state index contributed by atoms with van der Waals surface area (Å²) in [5, 5.41) is 5.15. The Hall–Kier alpha value is -2.90. The number of aromatic nitrogens is 1. The summed E-state index contributed by atoms with van der Waals surface area (Å²) >= 11 is 0. The molecule has 24 heavy (non-hydrogen) atoms. The number of hydrogen-bond acceptors (Lipinski definition) is 3. The molecule has 0 aliphatic heterocycles. The van der Waals surface area contributed by atoms with Crippen molar-refractivity contribution in [3.05, 3.63) is 58.5 Å². The minimum Gasteiger partial charge on any atom is -0.435 e. The highest BCUT2D eigenvalue weighted by molar-refractivity contribution is 5.89. The quantitative estimate of drug-likeness (QED) is 0.881. The van der Waals surface area contributed by atoms with Crippen LogP contribution < -0.4 is 20.9 Å². The van der Waals surface area contributed by atoms with E-state index >= 15 is 0 Å². The number of rotatable bonds is 5. The monoisotopic (exact) mass is 337 g/mol. The molecule has 6 nitrogen and oxygen atoms in total. The molecule has 2 N–H and O–H groups in total. The molecule has 0 fully saturated rings. The van der Waals surface area contributed by atoms with Gasteiger partial charge in [0.05, 0.1) is 6.04 Å². The van der Waals surface area contributed by atoms with Gasteiger partial charge in [-0.25, -0.2) is 4.79 Å². The van der Waals surface area contributed by atoms with Crippen LogP contribution in [0, 0.1) is 0 Å². The first kappa shape index (κ1) is 17.5. The molecule has 1 unspecified atom stereocenters. The molecule has 2 amide bonds. The largest absolute Gasteiger partial charge is 0.435 e. The van der Waals surface area contributed by atoms with Gasteiger partial charge in [-0.05, 0) is 36.8 Å². The van der Waals surface area contributed by atoms with Gasteiger partial charge in [0, 0.05) is 13.2 Å². The Morgan fingerprint density at radius 2 is 1.88 bits per heavy atom. The number of carbonyl (C=O) groups is 1. The summed E-state index contributed by atoms with van der Waals surface area (Å²) in [4.78, 5) is 23.8. The van der Waals surface area contributed by atoms with Crippen LogP contribution in [0.2, 0.25) is 0 Å². The van der Waals surface area contributed by atoms with Crippen molar-refractivity contribution in [1.29, 1.82) is 0 Å². The number of benzene rings is 1. The van der Waals surface area contributed by atoms with E-state index in [2.05, 4.69) is 15.4 Å². The lowest BCUT2D eigenvalue weighted by atomic mass is 10.1. The molecule has 1 aromatic carbocycles. The minimum atomic E-state index is -2.88. The third-order valence-electron chi connectivity index (χ3n) is 3.32. The maximum absolute atomic E-state index is 12.1. The van der Waals surface area contributed by atoms with E-state index in [9.17, 15) is 18.4 Å². The molecule has 8 heteroatoms. The van der Waals surface area contributed by atoms with Crippen LogP contribution in [0.4, 0.5) is 19.3 Å². The highest BCUT2D eigenvalue weighted by atomic mass is 19.3. The number of pyridine rings is 1. The number of hydrogen-bond donors (Lipinski definition) is 2. The minimum absolute atomic E-state index is 0.0400. The standard InChI is InChI=1S/C16H17F2N3O3/c1-10(11-5-7-12(8-6-11)24-15(17)18)19-16(23)20-13-4-3-9-21(2)14(13)22/h3-10,15H,1-2H3,(H2,19,20,23). The van der Waals surface area contributed by atoms with Gasteiger partial charge in [0.2, 0.25) is 0 Å². The Balaban J connectivity index is 1.98. The first-order valence-electron chi connectivity index (χ1n) is 7.14. The highest BCUT2D eigenvalue weighted by Crippen LogP contribution is 2.19. The van der Waals surface area contributed by atoms with Crippen molar-refractivity contribution in [2.45, 2.75) is 19.6 Å². The van der Waals surface area contributed by atoms with Crippen LogP contribution in [0.5, 0.6) is 5.75 Å². The fourth-order valence-electron chi connectivity index (χ4n) is 2.07. The molecule has 1 heterocycles. The molecule has 0 bridgehead atoms. The molecular weight excluding hydrogens is 320 g/mol. The number of nitrogens with zero attached hydrogens (tertiary/aromatic N) is 1. The van der Waals surface area contributed by atoms with Crippen LogP contribution in [0.25, 0.3) is 0 Å². The van der Waals surface area contributed by atoms with Gasteiger partial charge in [0.1, 0.15) is 11.4 Å². The molecule has 0 saturated carbocycles. The number of aryl methyl sites for hydroxylation is 1. The number of halogens is 2. The summed E-state index contributed by atoms with van der Waals surface area (Å²) in [5.74, 6) is 0.0400. The van der Waals surface area contributed by atoms with Crippen molar-refractivity contribution in [2.24, 2.45) is 7.05 Å². The second kappa shape index (κ2) is 7.58. The number of nitrogens with one attached hydrogen (secondary N) is 2. The lowest BCUT2D eigenvalue weighted by Gasteiger charge is -2.15. The van der Waals surface area contributed by atoms with Crippen LogP contribution in [0.3, 0.4) is 0 Å². The van der Waals surface area contributed by atoms with Gasteiger partial charge in [-0.15, -0.1) is 0 Å². The molecule has 128 valence electrons. The van der Waals surface area contributed by atoms with Gasteiger partial charge in [-0.3, -0.25) is 4.79 Å². The molecule has 2 rings (SSSR count). The number of amides is 2. The Bertz CT molecular complexity index is 760. The van der Waals surface area contributed by atoms with Gasteiger partial charge in [-0.1, -0.05) is 12.1 Å². The molecule has 0 spiro atoms. The SMILES string of the molecule is CC(NC(=O)Nc1cccn(C)c1=O)c1ccc(OC(F)F)cc1. The van der Waals surface area contributed by atoms with Gasteiger partial charge in [0.15, 0.2) is 0 Å². The van der Waals surface area contributed by atoms with Crippen molar-refractivity contribution in [3.63, 3.8) is 0 Å². The Labute approximate surface area is 137 Å². The van der Waals surface area contributed by atoms with E-state index < -0.39 is 18.7 Å². The predicted octanol–water partition coefficient (Wildman–Crippen LogP) is 2.87. The second-order valence-electron chi connectivity index (χ2n) is 5.11. The summed E-state index contributed by atoms with van der Waals surface area (Å²) in [5.41, 5.74) is 0.534. The van der Waals surface area contributed by atoms with E-state index in [1.165, 1.54) is 22.8 Å². The fourth-order valence-corrected chi connectivity index (χ4v) is 2.07. The third kappa shape index (κ3) is 4.55. The van der Waals surface area contributed by atoms with E-state index in [-0.39, 0.29) is 17.0 Å². The van der Waals surface area contributed by atoms with Crippen molar-refractivity contribution in [2.75, 3.05) is 5.32 Å². The Morgan fingerprint density at radius 3 is 2.50 bits per heavy atom. The van der Waals surface area contributed by atoms with Crippen molar-refractivity contribution < 1.29 is 18.3 Å². The van der Waals surface area contributed by atoms with Crippen LogP contribution in [0.15, 0.2) is 47.4 Å². The summed E-state index contributed by atoms with van der Waals surface area (Å²) in [6.07, 6.45) is 1.58. The van der Waals surface area contributed by atoms with E-state index in [1.807, 2.05) is 0 Å². The van der Waals surface area contributed by atoms with E-state index in [1.54, 1.807) is 38.4 Å². The topological polar surface area (TPSA) is 72.4 Å².